The first-order valence-electron chi connectivity index (χ1n) is 4.24. The van der Waals surface area contributed by atoms with E-state index in [2.05, 4.69) is 0 Å². The summed E-state index contributed by atoms with van der Waals surface area (Å²) in [6, 6.07) is 0.803. The van der Waals surface area contributed by atoms with Crippen LogP contribution >= 0.6 is 0 Å². The van der Waals surface area contributed by atoms with Crippen molar-refractivity contribution in [2.75, 3.05) is 0 Å². The van der Waals surface area contributed by atoms with Gasteiger partial charge in [-0.3, -0.25) is 0 Å². The summed E-state index contributed by atoms with van der Waals surface area (Å²) in [5.41, 5.74) is 0.0274. The van der Waals surface area contributed by atoms with Crippen molar-refractivity contribution in [3.05, 3.63) is 29.1 Å². The molecule has 0 radical (unpaired) electrons. The molecule has 0 bridgehead atoms. The first kappa shape index (κ1) is 10.9. The standard InChI is InChI=1S/C10H11F3O/c1-5(2)14-10-8(12)6(3)4-7(11)9(10)13/h4-5H,1-3H3. The number of hydrogen-bond donors (Lipinski definition) is 0. The largest absolute Gasteiger partial charge is 0.485 e. The lowest BCUT2D eigenvalue weighted by Gasteiger charge is -2.12. The lowest BCUT2D eigenvalue weighted by atomic mass is 10.2. The van der Waals surface area contributed by atoms with E-state index in [-0.39, 0.29) is 5.56 Å². The van der Waals surface area contributed by atoms with Gasteiger partial charge in [0.15, 0.2) is 17.4 Å². The fourth-order valence-corrected chi connectivity index (χ4v) is 1.04. The Hall–Kier alpha value is -1.19. The molecule has 14 heavy (non-hydrogen) atoms. The third-order valence-corrected chi connectivity index (χ3v) is 1.65. The Morgan fingerprint density at radius 1 is 1.14 bits per heavy atom. The second-order valence-corrected chi connectivity index (χ2v) is 3.30. The monoisotopic (exact) mass is 204 g/mol. The Kier molecular flexibility index (Phi) is 3.03. The van der Waals surface area contributed by atoms with Gasteiger partial charge in [0.2, 0.25) is 5.82 Å². The van der Waals surface area contributed by atoms with Crippen molar-refractivity contribution < 1.29 is 17.9 Å². The summed E-state index contributed by atoms with van der Waals surface area (Å²) in [5, 5.41) is 0. The quantitative estimate of drug-likeness (QED) is 0.672. The predicted molar refractivity (Wildman–Crippen MR) is 46.8 cm³/mol. The molecule has 0 heterocycles. The average molecular weight is 204 g/mol. The molecular formula is C10H11F3O. The van der Waals surface area contributed by atoms with Crippen LogP contribution in [-0.4, -0.2) is 6.10 Å². The number of hydrogen-bond acceptors (Lipinski definition) is 1. The second kappa shape index (κ2) is 3.90. The van der Waals surface area contributed by atoms with Crippen LogP contribution in [0.3, 0.4) is 0 Å². The van der Waals surface area contributed by atoms with Crippen LogP contribution in [0, 0.1) is 24.4 Å². The van der Waals surface area contributed by atoms with Crippen molar-refractivity contribution in [1.29, 1.82) is 0 Å². The van der Waals surface area contributed by atoms with Crippen LogP contribution in [0.5, 0.6) is 5.75 Å². The topological polar surface area (TPSA) is 9.23 Å². The van der Waals surface area contributed by atoms with Crippen LogP contribution in [0.2, 0.25) is 0 Å². The third kappa shape index (κ3) is 2.00. The van der Waals surface area contributed by atoms with Gasteiger partial charge in [-0.2, -0.15) is 4.39 Å². The molecule has 0 atom stereocenters. The summed E-state index contributed by atoms with van der Waals surface area (Å²) < 4.78 is 44.0. The van der Waals surface area contributed by atoms with E-state index in [4.69, 9.17) is 4.74 Å². The van der Waals surface area contributed by atoms with Gasteiger partial charge in [0, 0.05) is 0 Å². The molecule has 1 rings (SSSR count). The fourth-order valence-electron chi connectivity index (χ4n) is 1.04. The van der Waals surface area contributed by atoms with Crippen LogP contribution in [0.15, 0.2) is 6.07 Å². The maximum Gasteiger partial charge on any atom is 0.203 e. The van der Waals surface area contributed by atoms with Crippen LogP contribution in [0.25, 0.3) is 0 Å². The molecule has 0 saturated heterocycles. The van der Waals surface area contributed by atoms with Crippen molar-refractivity contribution in [1.82, 2.24) is 0 Å². The molecule has 0 amide bonds. The van der Waals surface area contributed by atoms with E-state index < -0.39 is 29.3 Å². The van der Waals surface area contributed by atoms with E-state index in [0.29, 0.717) is 0 Å². The minimum Gasteiger partial charge on any atom is -0.485 e. The molecule has 0 aliphatic heterocycles. The zero-order valence-corrected chi connectivity index (χ0v) is 8.20. The molecule has 0 aromatic heterocycles. The summed E-state index contributed by atoms with van der Waals surface area (Å²) in [4.78, 5) is 0. The Labute approximate surface area is 80.5 Å². The highest BCUT2D eigenvalue weighted by Gasteiger charge is 2.18. The number of aryl methyl sites for hydroxylation is 1. The maximum atomic E-state index is 13.3. The number of halogens is 3. The van der Waals surface area contributed by atoms with Crippen molar-refractivity contribution in [3.8, 4) is 5.75 Å². The van der Waals surface area contributed by atoms with E-state index in [0.717, 1.165) is 6.07 Å². The second-order valence-electron chi connectivity index (χ2n) is 3.30. The van der Waals surface area contributed by atoms with Crippen LogP contribution in [0.1, 0.15) is 19.4 Å². The van der Waals surface area contributed by atoms with Gasteiger partial charge >= 0.3 is 0 Å². The Morgan fingerprint density at radius 2 is 1.71 bits per heavy atom. The van der Waals surface area contributed by atoms with E-state index >= 15 is 0 Å². The highest BCUT2D eigenvalue weighted by Crippen LogP contribution is 2.27. The van der Waals surface area contributed by atoms with Crippen molar-refractivity contribution in [3.63, 3.8) is 0 Å². The molecule has 78 valence electrons. The van der Waals surface area contributed by atoms with Gasteiger partial charge in [0.1, 0.15) is 0 Å². The Balaban J connectivity index is 3.25. The third-order valence-electron chi connectivity index (χ3n) is 1.65. The summed E-state index contributed by atoms with van der Waals surface area (Å²) >= 11 is 0. The van der Waals surface area contributed by atoms with Gasteiger partial charge < -0.3 is 4.74 Å². The van der Waals surface area contributed by atoms with Crippen LogP contribution < -0.4 is 4.74 Å². The fraction of sp³-hybridized carbons (Fsp3) is 0.400. The SMILES string of the molecule is Cc1cc(F)c(F)c(OC(C)C)c1F. The van der Waals surface area contributed by atoms with Crippen molar-refractivity contribution in [2.24, 2.45) is 0 Å². The molecule has 0 spiro atoms. The first-order chi connectivity index (χ1) is 6.43. The van der Waals surface area contributed by atoms with Crippen molar-refractivity contribution in [2.45, 2.75) is 26.9 Å². The normalized spacial score (nSPS) is 10.8. The lowest BCUT2D eigenvalue weighted by molar-refractivity contribution is 0.215. The van der Waals surface area contributed by atoms with Gasteiger partial charge in [0.05, 0.1) is 6.10 Å². The number of benzene rings is 1. The molecule has 0 saturated carbocycles. The molecule has 0 aliphatic carbocycles. The Bertz CT molecular complexity index is 321. The first-order valence-corrected chi connectivity index (χ1v) is 4.24. The number of rotatable bonds is 2. The zero-order valence-electron chi connectivity index (χ0n) is 8.20. The summed E-state index contributed by atoms with van der Waals surface area (Å²) in [6.45, 7) is 4.57. The summed E-state index contributed by atoms with van der Waals surface area (Å²) in [6.07, 6.45) is -0.403. The van der Waals surface area contributed by atoms with Crippen LogP contribution in [-0.2, 0) is 0 Å². The average Bonchev–Trinajstić information content (AvgIpc) is 2.09. The predicted octanol–water partition coefficient (Wildman–Crippen LogP) is 3.20. The van der Waals surface area contributed by atoms with Gasteiger partial charge in [-0.1, -0.05) is 0 Å². The Morgan fingerprint density at radius 3 is 2.21 bits per heavy atom. The molecule has 4 heteroatoms. The highest BCUT2D eigenvalue weighted by atomic mass is 19.2. The van der Waals surface area contributed by atoms with Gasteiger partial charge in [0.25, 0.3) is 0 Å². The molecule has 0 fully saturated rings. The summed E-state index contributed by atoms with van der Waals surface area (Å²) in [7, 11) is 0. The summed E-state index contributed by atoms with van der Waals surface area (Å²) in [5.74, 6) is -3.86. The molecule has 1 aromatic carbocycles. The van der Waals surface area contributed by atoms with E-state index in [9.17, 15) is 13.2 Å². The van der Waals surface area contributed by atoms with E-state index in [1.807, 2.05) is 0 Å². The lowest BCUT2D eigenvalue weighted by Crippen LogP contribution is -2.10. The minimum atomic E-state index is -1.28. The molecule has 0 N–H and O–H groups in total. The molecule has 0 aliphatic rings. The minimum absolute atomic E-state index is 0.0274. The molecule has 0 unspecified atom stereocenters. The molecule has 1 aromatic rings. The number of ether oxygens (including phenoxy) is 1. The highest BCUT2D eigenvalue weighted by molar-refractivity contribution is 5.33. The smallest absolute Gasteiger partial charge is 0.203 e. The molecule has 1 nitrogen and oxygen atoms in total. The maximum absolute atomic E-state index is 13.3. The van der Waals surface area contributed by atoms with Crippen molar-refractivity contribution >= 4 is 0 Å². The van der Waals surface area contributed by atoms with E-state index in [1.54, 1.807) is 13.8 Å². The van der Waals surface area contributed by atoms with Gasteiger partial charge in [-0.25, -0.2) is 8.78 Å². The van der Waals surface area contributed by atoms with Gasteiger partial charge in [-0.05, 0) is 32.4 Å². The van der Waals surface area contributed by atoms with Gasteiger partial charge in [-0.15, -0.1) is 0 Å². The zero-order chi connectivity index (χ0) is 10.9. The van der Waals surface area contributed by atoms with E-state index in [1.165, 1.54) is 6.92 Å². The molecular weight excluding hydrogens is 193 g/mol. The van der Waals surface area contributed by atoms with Crippen LogP contribution in [0.4, 0.5) is 13.2 Å².